The molecule has 0 amide bonds. The van der Waals surface area contributed by atoms with Gasteiger partial charge >= 0.3 is 0 Å². The summed E-state index contributed by atoms with van der Waals surface area (Å²) in [6.07, 6.45) is 0. The first-order valence-corrected chi connectivity index (χ1v) is 7.92. The molecule has 116 valence electrons. The molecule has 0 spiro atoms. The molecule has 0 heterocycles. The first-order valence-electron chi connectivity index (χ1n) is 7.26. The molecule has 3 rings (SSSR count). The van der Waals surface area contributed by atoms with Crippen molar-refractivity contribution in [2.45, 2.75) is 5.60 Å². The lowest BCUT2D eigenvalue weighted by atomic mass is 9.80. The van der Waals surface area contributed by atoms with Crippen LogP contribution in [-0.2, 0) is 10.3 Å². The lowest BCUT2D eigenvalue weighted by molar-refractivity contribution is -0.00000516. The maximum atomic E-state index is 6.23. The van der Waals surface area contributed by atoms with Crippen molar-refractivity contribution in [1.82, 2.24) is 0 Å². The summed E-state index contributed by atoms with van der Waals surface area (Å²) in [4.78, 5) is 0. The molecule has 0 saturated heterocycles. The van der Waals surface area contributed by atoms with Gasteiger partial charge in [0, 0.05) is 0 Å². The summed E-state index contributed by atoms with van der Waals surface area (Å²) in [5.41, 5.74) is 2.66. The van der Waals surface area contributed by atoms with E-state index in [-0.39, 0.29) is 12.4 Å². The fourth-order valence-corrected chi connectivity index (χ4v) is 3.03. The molecule has 0 aromatic heterocycles. The molecule has 3 aromatic carbocycles. The van der Waals surface area contributed by atoms with E-state index in [1.807, 2.05) is 54.6 Å². The van der Waals surface area contributed by atoms with Gasteiger partial charge < -0.3 is 12.4 Å². The van der Waals surface area contributed by atoms with Crippen LogP contribution in [0.5, 0.6) is 0 Å². The molecule has 3 aromatic rings. The van der Waals surface area contributed by atoms with Crippen LogP contribution in [0.2, 0.25) is 0 Å². The zero-order chi connectivity index (χ0) is 15.3. The first-order chi connectivity index (χ1) is 10.9. The Kier molecular flexibility index (Phi) is 6.12. The van der Waals surface area contributed by atoms with Gasteiger partial charge in [-0.2, -0.15) is 0 Å². The van der Waals surface area contributed by atoms with E-state index in [2.05, 4.69) is 45.3 Å². The molecule has 1 unspecified atom stereocenters. The van der Waals surface area contributed by atoms with Gasteiger partial charge in [0.15, 0.2) is 5.60 Å². The maximum Gasteiger partial charge on any atom is 0.208 e. The highest BCUT2D eigenvalue weighted by molar-refractivity contribution is 7.17. The molecule has 0 N–H and O–H groups in total. The minimum absolute atomic E-state index is 0. The molecule has 0 bridgehead atoms. The summed E-state index contributed by atoms with van der Waals surface area (Å²) < 4.78 is 6.23. The fourth-order valence-electron chi connectivity index (χ4n) is 2.82. The van der Waals surface area contributed by atoms with Crippen LogP contribution < -0.4 is 12.4 Å². The third-order valence-corrected chi connectivity index (χ3v) is 3.92. The summed E-state index contributed by atoms with van der Waals surface area (Å²) >= 11 is 0. The minimum atomic E-state index is -0.647. The van der Waals surface area contributed by atoms with E-state index in [1.54, 1.807) is 5.98 Å². The van der Waals surface area contributed by atoms with Gasteiger partial charge in [0.2, 0.25) is 5.98 Å². The molecule has 0 fully saturated rings. The summed E-state index contributed by atoms with van der Waals surface area (Å²) in [5, 5.41) is 0. The molecule has 3 heteroatoms. The van der Waals surface area contributed by atoms with E-state index in [1.165, 1.54) is 0 Å². The lowest BCUT2D eigenvalue weighted by Crippen LogP contribution is -3.00. The minimum Gasteiger partial charge on any atom is -1.00 e. The average Bonchev–Trinajstić information content (AvgIpc) is 2.62. The maximum absolute atomic E-state index is 6.23. The molecule has 23 heavy (non-hydrogen) atoms. The Balaban J connectivity index is 0.00000192. The smallest absolute Gasteiger partial charge is 0.208 e. The third kappa shape index (κ3) is 3.38. The van der Waals surface area contributed by atoms with Crippen LogP contribution in [0.3, 0.4) is 0 Å². The number of rotatable bonds is 5. The van der Waals surface area contributed by atoms with Crippen molar-refractivity contribution in [2.24, 2.45) is 0 Å². The Morgan fingerprint density at radius 3 is 1.17 bits per heavy atom. The highest BCUT2D eigenvalue weighted by Gasteiger charge is 2.37. The number of benzene rings is 3. The van der Waals surface area contributed by atoms with Crippen LogP contribution >= 0.6 is 8.86 Å². The average molecular weight is 341 g/mol. The van der Waals surface area contributed by atoms with Crippen LogP contribution in [0.4, 0.5) is 0 Å². The molecule has 0 radical (unpaired) electrons. The molecular formula is C20H18ClOP. The van der Waals surface area contributed by atoms with Gasteiger partial charge in [-0.1, -0.05) is 91.0 Å². The predicted octanol–water partition coefficient (Wildman–Crippen LogP) is 1.63. The van der Waals surface area contributed by atoms with Crippen molar-refractivity contribution in [3.05, 3.63) is 108 Å². The van der Waals surface area contributed by atoms with Gasteiger partial charge in [0.25, 0.3) is 0 Å². The van der Waals surface area contributed by atoms with E-state index >= 15 is 0 Å². The molecule has 0 aliphatic heterocycles. The first kappa shape index (κ1) is 17.4. The van der Waals surface area contributed by atoms with Gasteiger partial charge in [0.05, 0.1) is 8.86 Å². The van der Waals surface area contributed by atoms with Crippen molar-refractivity contribution in [2.75, 3.05) is 0 Å². The Hall–Kier alpha value is -1.92. The van der Waals surface area contributed by atoms with Gasteiger partial charge in [-0.15, -0.1) is 0 Å². The SMILES string of the molecule is [Cl-].[PH2+]=COC(c1ccccc1)(c1ccccc1)c1ccccc1. The topological polar surface area (TPSA) is 9.23 Å². The largest absolute Gasteiger partial charge is 1.00 e. The van der Waals surface area contributed by atoms with Crippen LogP contribution in [-0.4, -0.2) is 5.98 Å². The second-order valence-corrected chi connectivity index (χ2v) is 5.31. The van der Waals surface area contributed by atoms with Crippen LogP contribution in [0.25, 0.3) is 0 Å². The van der Waals surface area contributed by atoms with Gasteiger partial charge in [-0.25, -0.2) is 0 Å². The normalized spacial score (nSPS) is 10.6. The second kappa shape index (κ2) is 8.08. The number of hydrogen-bond acceptors (Lipinski definition) is 1. The van der Waals surface area contributed by atoms with E-state index in [0.717, 1.165) is 16.7 Å². The van der Waals surface area contributed by atoms with Gasteiger partial charge in [-0.05, 0) is 16.7 Å². The van der Waals surface area contributed by atoms with Crippen molar-refractivity contribution in [1.29, 1.82) is 0 Å². The van der Waals surface area contributed by atoms with E-state index in [9.17, 15) is 0 Å². The Labute approximate surface area is 145 Å². The Morgan fingerprint density at radius 1 is 0.609 bits per heavy atom. The van der Waals surface area contributed by atoms with Crippen LogP contribution in [0, 0.1) is 0 Å². The zero-order valence-electron chi connectivity index (χ0n) is 12.6. The molecule has 1 atom stereocenters. The van der Waals surface area contributed by atoms with E-state index in [0.29, 0.717) is 0 Å². The van der Waals surface area contributed by atoms with Crippen molar-refractivity contribution < 1.29 is 17.1 Å². The zero-order valence-corrected chi connectivity index (χ0v) is 14.5. The van der Waals surface area contributed by atoms with Crippen molar-refractivity contribution >= 4 is 14.8 Å². The highest BCUT2D eigenvalue weighted by Crippen LogP contribution is 2.39. The van der Waals surface area contributed by atoms with Crippen LogP contribution in [0.1, 0.15) is 16.7 Å². The summed E-state index contributed by atoms with van der Waals surface area (Å²) in [6.45, 7) is 0. The monoisotopic (exact) mass is 340 g/mol. The Bertz CT molecular complexity index is 633. The summed E-state index contributed by atoms with van der Waals surface area (Å²) in [5.74, 6) is 1.69. The van der Waals surface area contributed by atoms with Gasteiger partial charge in [0.1, 0.15) is 0 Å². The molecule has 1 nitrogen and oxygen atoms in total. The summed E-state index contributed by atoms with van der Waals surface area (Å²) in [7, 11) is 2.55. The Morgan fingerprint density at radius 2 is 0.913 bits per heavy atom. The molecule has 0 aliphatic carbocycles. The van der Waals surface area contributed by atoms with Crippen LogP contribution in [0.15, 0.2) is 91.0 Å². The van der Waals surface area contributed by atoms with Gasteiger partial charge in [-0.3, -0.25) is 4.74 Å². The standard InChI is InChI=1S/C20H17OP.ClH/c22-16-21-20(17-10-4-1-5-11-17,18-12-6-2-7-13-18)19-14-8-3-9-15-19;/h1-16,22H;1H. The molecular weight excluding hydrogens is 323 g/mol. The van der Waals surface area contributed by atoms with Crippen molar-refractivity contribution in [3.63, 3.8) is 0 Å². The number of hydrogen-bond donors (Lipinski definition) is 0. The van der Waals surface area contributed by atoms with E-state index < -0.39 is 5.60 Å². The third-order valence-electron chi connectivity index (χ3n) is 3.79. The highest BCUT2D eigenvalue weighted by atomic mass is 35.5. The summed E-state index contributed by atoms with van der Waals surface area (Å²) in [6, 6.07) is 31.0. The number of ether oxygens (including phenoxy) is 1. The lowest BCUT2D eigenvalue weighted by Gasteiger charge is -2.33. The predicted molar refractivity (Wildman–Crippen MR) is 96.1 cm³/mol. The number of halogens is 1. The van der Waals surface area contributed by atoms with E-state index in [4.69, 9.17) is 4.74 Å². The quantitative estimate of drug-likeness (QED) is 0.507. The molecule has 0 saturated carbocycles. The fraction of sp³-hybridized carbons (Fsp3) is 0.0500. The molecule has 0 aliphatic rings. The second-order valence-electron chi connectivity index (χ2n) is 5.03. The van der Waals surface area contributed by atoms with Crippen molar-refractivity contribution in [3.8, 4) is 0 Å².